The molecule has 0 heterocycles. The summed E-state index contributed by atoms with van der Waals surface area (Å²) < 4.78 is 25.1. The number of aromatic hydroxyl groups is 1. The molecular formula is C21H20N2O4S. The second kappa shape index (κ2) is 7.74. The number of rotatable bonds is 5. The zero-order valence-electron chi connectivity index (χ0n) is 15.5. The third-order valence-electron chi connectivity index (χ3n) is 4.30. The van der Waals surface area contributed by atoms with Crippen molar-refractivity contribution < 1.29 is 18.3 Å². The van der Waals surface area contributed by atoms with Crippen molar-refractivity contribution in [1.82, 2.24) is 0 Å². The van der Waals surface area contributed by atoms with Crippen molar-refractivity contribution in [2.24, 2.45) is 0 Å². The Bertz CT molecular complexity index is 1110. The minimum absolute atomic E-state index is 0.115. The van der Waals surface area contributed by atoms with Crippen LogP contribution >= 0.6 is 0 Å². The van der Waals surface area contributed by atoms with Crippen molar-refractivity contribution in [1.29, 1.82) is 0 Å². The van der Waals surface area contributed by atoms with E-state index in [0.717, 1.165) is 21.7 Å². The summed E-state index contributed by atoms with van der Waals surface area (Å²) in [5.74, 6) is -0.235. The molecule has 0 radical (unpaired) electrons. The molecule has 6 nitrogen and oxygen atoms in total. The standard InChI is InChI=1S/C21H20N2O4S/c1-23(28(2,26)27)20-12-11-17(16-9-6-10-18(24)13-16)14-19(20)22-21(25)15-7-4-3-5-8-15/h3-14,24H,1-2H3,(H,22,25). The van der Waals surface area contributed by atoms with Crippen molar-refractivity contribution in [3.63, 3.8) is 0 Å². The smallest absolute Gasteiger partial charge is 0.255 e. The molecule has 1 amide bonds. The average molecular weight is 396 g/mol. The number of amides is 1. The molecule has 3 aromatic rings. The molecule has 0 fully saturated rings. The number of phenolic OH excluding ortho intramolecular Hbond substituents is 1. The second-order valence-corrected chi connectivity index (χ2v) is 8.35. The van der Waals surface area contributed by atoms with Crippen LogP contribution in [0.2, 0.25) is 0 Å². The van der Waals surface area contributed by atoms with Crippen LogP contribution in [-0.2, 0) is 10.0 Å². The van der Waals surface area contributed by atoms with Gasteiger partial charge in [-0.25, -0.2) is 8.42 Å². The van der Waals surface area contributed by atoms with Gasteiger partial charge in [0.15, 0.2) is 0 Å². The molecule has 0 bridgehead atoms. The third-order valence-corrected chi connectivity index (χ3v) is 5.49. The van der Waals surface area contributed by atoms with Crippen LogP contribution in [0, 0.1) is 0 Å². The van der Waals surface area contributed by atoms with E-state index in [0.29, 0.717) is 16.9 Å². The number of carbonyl (C=O) groups excluding carboxylic acids is 1. The molecular weight excluding hydrogens is 376 g/mol. The summed E-state index contributed by atoms with van der Waals surface area (Å²) >= 11 is 0. The SMILES string of the molecule is CN(c1ccc(-c2cccc(O)c2)cc1NC(=O)c1ccccc1)S(C)(=O)=O. The van der Waals surface area contributed by atoms with Crippen LogP contribution in [0.15, 0.2) is 72.8 Å². The number of phenols is 1. The van der Waals surface area contributed by atoms with E-state index in [1.54, 1.807) is 60.7 Å². The van der Waals surface area contributed by atoms with E-state index in [1.807, 2.05) is 12.1 Å². The molecule has 28 heavy (non-hydrogen) atoms. The van der Waals surface area contributed by atoms with E-state index in [2.05, 4.69) is 5.32 Å². The van der Waals surface area contributed by atoms with Crippen LogP contribution in [0.5, 0.6) is 5.75 Å². The van der Waals surface area contributed by atoms with Gasteiger partial charge in [-0.15, -0.1) is 0 Å². The maximum atomic E-state index is 12.6. The normalized spacial score (nSPS) is 11.1. The Hall–Kier alpha value is -3.32. The molecule has 144 valence electrons. The van der Waals surface area contributed by atoms with Crippen LogP contribution in [0.1, 0.15) is 10.4 Å². The van der Waals surface area contributed by atoms with Gasteiger partial charge in [-0.05, 0) is 47.5 Å². The van der Waals surface area contributed by atoms with Gasteiger partial charge in [-0.2, -0.15) is 0 Å². The largest absolute Gasteiger partial charge is 0.508 e. The van der Waals surface area contributed by atoms with Gasteiger partial charge < -0.3 is 10.4 Å². The number of carbonyl (C=O) groups is 1. The lowest BCUT2D eigenvalue weighted by atomic mass is 10.0. The lowest BCUT2D eigenvalue weighted by Gasteiger charge is -2.21. The molecule has 0 aliphatic rings. The van der Waals surface area contributed by atoms with Gasteiger partial charge in [0, 0.05) is 12.6 Å². The van der Waals surface area contributed by atoms with Crippen LogP contribution < -0.4 is 9.62 Å². The number of sulfonamides is 1. The number of hydrogen-bond acceptors (Lipinski definition) is 4. The van der Waals surface area contributed by atoms with Gasteiger partial charge in [0.05, 0.1) is 17.6 Å². The first kappa shape index (κ1) is 19.4. The van der Waals surface area contributed by atoms with Gasteiger partial charge in [-0.3, -0.25) is 9.10 Å². The minimum atomic E-state index is -3.52. The van der Waals surface area contributed by atoms with Crippen molar-refractivity contribution >= 4 is 27.3 Å². The highest BCUT2D eigenvalue weighted by molar-refractivity contribution is 7.92. The van der Waals surface area contributed by atoms with E-state index in [1.165, 1.54) is 7.05 Å². The van der Waals surface area contributed by atoms with E-state index in [-0.39, 0.29) is 11.7 Å². The minimum Gasteiger partial charge on any atom is -0.508 e. The van der Waals surface area contributed by atoms with Crippen LogP contribution in [0.3, 0.4) is 0 Å². The highest BCUT2D eigenvalue weighted by Gasteiger charge is 2.18. The van der Waals surface area contributed by atoms with E-state index in [9.17, 15) is 18.3 Å². The molecule has 0 saturated carbocycles. The Kier molecular flexibility index (Phi) is 5.37. The van der Waals surface area contributed by atoms with Gasteiger partial charge >= 0.3 is 0 Å². The predicted molar refractivity (Wildman–Crippen MR) is 111 cm³/mol. The van der Waals surface area contributed by atoms with E-state index >= 15 is 0 Å². The van der Waals surface area contributed by atoms with Crippen LogP contribution in [0.4, 0.5) is 11.4 Å². The van der Waals surface area contributed by atoms with Crippen molar-refractivity contribution in [2.45, 2.75) is 0 Å². The topological polar surface area (TPSA) is 86.7 Å². The van der Waals surface area contributed by atoms with E-state index < -0.39 is 10.0 Å². The molecule has 2 N–H and O–H groups in total. The fraction of sp³-hybridized carbons (Fsp3) is 0.0952. The van der Waals surface area contributed by atoms with Gasteiger partial charge in [0.2, 0.25) is 10.0 Å². The third kappa shape index (κ3) is 4.32. The maximum absolute atomic E-state index is 12.6. The lowest BCUT2D eigenvalue weighted by Crippen LogP contribution is -2.26. The van der Waals surface area contributed by atoms with Gasteiger partial charge in [0.25, 0.3) is 5.91 Å². The molecule has 3 aromatic carbocycles. The summed E-state index contributed by atoms with van der Waals surface area (Å²) in [6.45, 7) is 0. The monoisotopic (exact) mass is 396 g/mol. The average Bonchev–Trinajstić information content (AvgIpc) is 2.67. The molecule has 7 heteroatoms. The number of benzene rings is 3. The summed E-state index contributed by atoms with van der Waals surface area (Å²) in [7, 11) is -2.09. The summed E-state index contributed by atoms with van der Waals surface area (Å²) in [6, 6.07) is 20.4. The summed E-state index contributed by atoms with van der Waals surface area (Å²) in [6.07, 6.45) is 1.10. The van der Waals surface area contributed by atoms with Crippen molar-refractivity contribution in [3.05, 3.63) is 78.4 Å². The highest BCUT2D eigenvalue weighted by atomic mass is 32.2. The molecule has 0 unspecified atom stereocenters. The maximum Gasteiger partial charge on any atom is 0.255 e. The number of hydrogen-bond donors (Lipinski definition) is 2. The zero-order valence-corrected chi connectivity index (χ0v) is 16.3. The Morgan fingerprint density at radius 3 is 2.25 bits per heavy atom. The Balaban J connectivity index is 2.07. The number of nitrogens with one attached hydrogen (secondary N) is 1. The van der Waals surface area contributed by atoms with Crippen LogP contribution in [-0.4, -0.2) is 32.7 Å². The molecule has 3 rings (SSSR count). The van der Waals surface area contributed by atoms with Gasteiger partial charge in [0.1, 0.15) is 5.75 Å². The summed E-state index contributed by atoms with van der Waals surface area (Å²) in [5.41, 5.74) is 2.62. The summed E-state index contributed by atoms with van der Waals surface area (Å²) in [4.78, 5) is 12.6. The van der Waals surface area contributed by atoms with Gasteiger partial charge in [-0.1, -0.05) is 36.4 Å². The van der Waals surface area contributed by atoms with E-state index in [4.69, 9.17) is 0 Å². The fourth-order valence-corrected chi connectivity index (χ4v) is 3.25. The number of nitrogens with zero attached hydrogens (tertiary/aromatic N) is 1. The zero-order chi connectivity index (χ0) is 20.3. The Labute approximate surface area is 164 Å². The molecule has 0 aromatic heterocycles. The number of anilines is 2. The molecule has 0 saturated heterocycles. The Morgan fingerprint density at radius 1 is 0.929 bits per heavy atom. The first-order valence-corrected chi connectivity index (χ1v) is 10.3. The first-order chi connectivity index (χ1) is 13.3. The van der Waals surface area contributed by atoms with Crippen LogP contribution in [0.25, 0.3) is 11.1 Å². The molecule has 0 aliphatic carbocycles. The molecule has 0 aliphatic heterocycles. The highest BCUT2D eigenvalue weighted by Crippen LogP contribution is 2.33. The second-order valence-electron chi connectivity index (χ2n) is 6.33. The fourth-order valence-electron chi connectivity index (χ4n) is 2.74. The Morgan fingerprint density at radius 2 is 1.61 bits per heavy atom. The lowest BCUT2D eigenvalue weighted by molar-refractivity contribution is 0.102. The predicted octanol–water partition coefficient (Wildman–Crippen LogP) is 3.71. The molecule has 0 atom stereocenters. The van der Waals surface area contributed by atoms with Crippen molar-refractivity contribution in [3.8, 4) is 16.9 Å². The quantitative estimate of drug-likeness (QED) is 0.688. The molecule has 0 spiro atoms. The van der Waals surface area contributed by atoms with Crippen molar-refractivity contribution in [2.75, 3.05) is 22.9 Å². The summed E-state index contributed by atoms with van der Waals surface area (Å²) in [5, 5.41) is 12.5. The first-order valence-electron chi connectivity index (χ1n) is 8.49.